The fraction of sp³-hybridized carbons (Fsp3) is 0.243. The second-order valence-corrected chi connectivity index (χ2v) is 12.2. The van der Waals surface area contributed by atoms with Crippen molar-refractivity contribution in [2.75, 3.05) is 24.4 Å². The van der Waals surface area contributed by atoms with Gasteiger partial charge in [-0.15, -0.1) is 0 Å². The molecular formula is C37H39N5O6. The van der Waals surface area contributed by atoms with Gasteiger partial charge in [0.2, 0.25) is 0 Å². The van der Waals surface area contributed by atoms with E-state index in [0.717, 1.165) is 11.1 Å². The molecule has 0 fully saturated rings. The Morgan fingerprint density at radius 2 is 1.69 bits per heavy atom. The summed E-state index contributed by atoms with van der Waals surface area (Å²) in [6.45, 7) is 7.75. The molecule has 0 aliphatic heterocycles. The number of aromatic amines is 1. The van der Waals surface area contributed by atoms with Crippen LogP contribution in [0.5, 0.6) is 11.5 Å². The van der Waals surface area contributed by atoms with Gasteiger partial charge in [0.1, 0.15) is 35.0 Å². The topological polar surface area (TPSA) is 135 Å². The van der Waals surface area contributed by atoms with Crippen LogP contribution in [0.4, 0.5) is 16.2 Å². The second-order valence-electron chi connectivity index (χ2n) is 12.2. The maximum Gasteiger partial charge on any atom is 0.408 e. The lowest BCUT2D eigenvalue weighted by molar-refractivity contribution is 0.0522. The molecule has 0 spiro atoms. The van der Waals surface area contributed by atoms with Gasteiger partial charge >= 0.3 is 6.09 Å². The maximum absolute atomic E-state index is 13.7. The molecule has 5 aromatic rings. The Kier molecular flexibility index (Phi) is 9.98. The minimum Gasteiger partial charge on any atom is -0.495 e. The van der Waals surface area contributed by atoms with E-state index >= 15 is 0 Å². The molecule has 11 heteroatoms. The van der Waals surface area contributed by atoms with E-state index in [9.17, 15) is 14.4 Å². The SMILES string of the molecule is COc1cc(C(=O)N(C)c2ccc(C)cc2OCc2ccccc2)ccc1NC(=O)c1cccc2[nH]c(CNC(=O)OC(C)(C)C)nc12. The molecule has 1 heterocycles. The summed E-state index contributed by atoms with van der Waals surface area (Å²) >= 11 is 0. The Morgan fingerprint density at radius 1 is 0.917 bits per heavy atom. The molecule has 1 aromatic heterocycles. The number of aromatic nitrogens is 2. The zero-order valence-corrected chi connectivity index (χ0v) is 27.8. The van der Waals surface area contributed by atoms with Crippen LogP contribution in [0.2, 0.25) is 0 Å². The number of amides is 3. The summed E-state index contributed by atoms with van der Waals surface area (Å²) in [4.78, 5) is 48.4. The third kappa shape index (κ3) is 8.11. The number of carbonyl (C=O) groups is 3. The lowest BCUT2D eigenvalue weighted by Gasteiger charge is -2.22. The average Bonchev–Trinajstić information content (AvgIpc) is 3.49. The van der Waals surface area contributed by atoms with Crippen LogP contribution < -0.4 is 25.0 Å². The van der Waals surface area contributed by atoms with Crippen molar-refractivity contribution in [1.82, 2.24) is 15.3 Å². The largest absolute Gasteiger partial charge is 0.495 e. The molecule has 0 unspecified atom stereocenters. The molecular weight excluding hydrogens is 610 g/mol. The predicted octanol–water partition coefficient (Wildman–Crippen LogP) is 7.01. The molecule has 0 aliphatic carbocycles. The minimum atomic E-state index is -0.631. The van der Waals surface area contributed by atoms with Crippen molar-refractivity contribution in [1.29, 1.82) is 0 Å². The minimum absolute atomic E-state index is 0.0889. The molecule has 11 nitrogen and oxygen atoms in total. The summed E-state index contributed by atoms with van der Waals surface area (Å²) in [7, 11) is 3.16. The number of nitrogens with one attached hydrogen (secondary N) is 3. The van der Waals surface area contributed by atoms with Crippen LogP contribution in [-0.4, -0.2) is 47.6 Å². The van der Waals surface area contributed by atoms with E-state index in [1.165, 1.54) is 12.0 Å². The highest BCUT2D eigenvalue weighted by atomic mass is 16.6. The average molecular weight is 650 g/mol. The van der Waals surface area contributed by atoms with Crippen molar-refractivity contribution in [2.45, 2.75) is 46.4 Å². The first-order valence-electron chi connectivity index (χ1n) is 15.4. The van der Waals surface area contributed by atoms with E-state index in [2.05, 4.69) is 20.6 Å². The number of hydrogen-bond acceptors (Lipinski definition) is 7. The monoisotopic (exact) mass is 649 g/mol. The molecule has 5 rings (SSSR count). The van der Waals surface area contributed by atoms with Crippen LogP contribution in [-0.2, 0) is 17.9 Å². The Labute approximate surface area is 279 Å². The molecule has 3 N–H and O–H groups in total. The molecule has 0 saturated heterocycles. The Bertz CT molecular complexity index is 1950. The molecule has 248 valence electrons. The summed E-state index contributed by atoms with van der Waals surface area (Å²) < 4.78 is 17.0. The van der Waals surface area contributed by atoms with E-state index in [1.807, 2.05) is 55.5 Å². The number of benzene rings is 4. The molecule has 0 atom stereocenters. The molecule has 48 heavy (non-hydrogen) atoms. The van der Waals surface area contributed by atoms with Gasteiger partial charge in [-0.25, -0.2) is 9.78 Å². The quantitative estimate of drug-likeness (QED) is 0.148. The molecule has 3 amide bonds. The van der Waals surface area contributed by atoms with Gasteiger partial charge in [0.25, 0.3) is 11.8 Å². The van der Waals surface area contributed by atoms with Crippen LogP contribution in [0.15, 0.2) is 84.9 Å². The summed E-state index contributed by atoms with van der Waals surface area (Å²) in [5.41, 5.74) is 4.12. The number of fused-ring (bicyclic) bond motifs is 1. The van der Waals surface area contributed by atoms with Gasteiger partial charge in [0.05, 0.1) is 36.1 Å². The van der Waals surface area contributed by atoms with Gasteiger partial charge in [-0.3, -0.25) is 9.59 Å². The standard InChI is InChI=1S/C37H39N5O6/c1-23-15-18-29(31(19-23)47-22-24-11-8-7-9-12-24)42(5)35(44)25-16-17-27(30(20-25)46-6)40-34(43)26-13-10-14-28-33(26)41-32(39-28)21-38-36(45)48-37(2,3)4/h7-20H,21-22H2,1-6H3,(H,38,45)(H,39,41)(H,40,43). The summed E-state index contributed by atoms with van der Waals surface area (Å²) in [5.74, 6) is 0.648. The molecule has 0 bridgehead atoms. The van der Waals surface area contributed by atoms with Crippen molar-refractivity contribution in [2.24, 2.45) is 0 Å². The number of rotatable bonds is 10. The second kappa shape index (κ2) is 14.3. The van der Waals surface area contributed by atoms with Crippen LogP contribution in [0.25, 0.3) is 11.0 Å². The number of imidazole rings is 1. The van der Waals surface area contributed by atoms with Gasteiger partial charge in [-0.1, -0.05) is 42.5 Å². The zero-order chi connectivity index (χ0) is 34.4. The normalized spacial score (nSPS) is 11.1. The Balaban J connectivity index is 1.31. The lowest BCUT2D eigenvalue weighted by Crippen LogP contribution is -2.32. The number of carbonyl (C=O) groups excluding carboxylic acids is 3. The van der Waals surface area contributed by atoms with Crippen LogP contribution in [0.3, 0.4) is 0 Å². The first-order valence-corrected chi connectivity index (χ1v) is 15.4. The Hall–Kier alpha value is -5.84. The molecule has 0 saturated carbocycles. The van der Waals surface area contributed by atoms with Gasteiger partial charge in [-0.2, -0.15) is 0 Å². The Morgan fingerprint density at radius 3 is 2.42 bits per heavy atom. The smallest absolute Gasteiger partial charge is 0.408 e. The highest BCUT2D eigenvalue weighted by Gasteiger charge is 2.22. The van der Waals surface area contributed by atoms with Gasteiger partial charge in [-0.05, 0) is 81.3 Å². The maximum atomic E-state index is 13.7. The first-order chi connectivity index (χ1) is 22.9. The van der Waals surface area contributed by atoms with E-state index in [0.29, 0.717) is 57.5 Å². The first kappa shape index (κ1) is 33.5. The molecule has 4 aromatic carbocycles. The number of aryl methyl sites for hydroxylation is 1. The van der Waals surface area contributed by atoms with Crippen molar-refractivity contribution in [3.63, 3.8) is 0 Å². The fourth-order valence-corrected chi connectivity index (χ4v) is 4.99. The van der Waals surface area contributed by atoms with E-state index < -0.39 is 17.6 Å². The van der Waals surface area contributed by atoms with Crippen molar-refractivity contribution >= 4 is 40.3 Å². The summed E-state index contributed by atoms with van der Waals surface area (Å²) in [6, 6.07) is 25.5. The highest BCUT2D eigenvalue weighted by Crippen LogP contribution is 2.32. The number of methoxy groups -OCH3 is 1. The number of ether oxygens (including phenoxy) is 3. The zero-order valence-electron chi connectivity index (χ0n) is 27.8. The van der Waals surface area contributed by atoms with E-state index in [1.54, 1.807) is 64.2 Å². The van der Waals surface area contributed by atoms with Crippen LogP contribution in [0, 0.1) is 6.92 Å². The van der Waals surface area contributed by atoms with Crippen molar-refractivity contribution < 1.29 is 28.6 Å². The number of H-pyrrole nitrogens is 1. The highest BCUT2D eigenvalue weighted by molar-refractivity contribution is 6.12. The van der Waals surface area contributed by atoms with Crippen molar-refractivity contribution in [3.05, 3.63) is 113 Å². The van der Waals surface area contributed by atoms with Crippen molar-refractivity contribution in [3.8, 4) is 11.5 Å². The van der Waals surface area contributed by atoms with Crippen LogP contribution in [0.1, 0.15) is 58.4 Å². The van der Waals surface area contributed by atoms with Gasteiger partial charge in [0, 0.05) is 12.6 Å². The van der Waals surface area contributed by atoms with Crippen LogP contribution >= 0.6 is 0 Å². The number of hydrogen-bond donors (Lipinski definition) is 3. The van der Waals surface area contributed by atoms with Gasteiger partial charge < -0.3 is 34.7 Å². The number of alkyl carbamates (subject to hydrolysis) is 1. The molecule has 0 radical (unpaired) electrons. The number of nitrogens with zero attached hydrogens (tertiary/aromatic N) is 2. The third-order valence-corrected chi connectivity index (χ3v) is 7.32. The lowest BCUT2D eigenvalue weighted by atomic mass is 10.1. The fourth-order valence-electron chi connectivity index (χ4n) is 4.99. The number of para-hydroxylation sites is 1. The third-order valence-electron chi connectivity index (χ3n) is 7.32. The number of anilines is 2. The van der Waals surface area contributed by atoms with E-state index in [-0.39, 0.29) is 12.5 Å². The van der Waals surface area contributed by atoms with E-state index in [4.69, 9.17) is 14.2 Å². The predicted molar refractivity (Wildman–Crippen MR) is 185 cm³/mol. The van der Waals surface area contributed by atoms with Gasteiger partial charge in [0.15, 0.2) is 0 Å². The molecule has 0 aliphatic rings. The summed E-state index contributed by atoms with van der Waals surface area (Å²) in [5, 5.41) is 5.54. The summed E-state index contributed by atoms with van der Waals surface area (Å²) in [6.07, 6.45) is -0.572.